The van der Waals surface area contributed by atoms with E-state index in [0.29, 0.717) is 23.3 Å². The molecule has 1 aromatic heterocycles. The Labute approximate surface area is 148 Å². The predicted octanol–water partition coefficient (Wildman–Crippen LogP) is 2.90. The molecule has 0 radical (unpaired) electrons. The van der Waals surface area contributed by atoms with Crippen LogP contribution in [0.1, 0.15) is 45.4 Å². The molecule has 0 aliphatic carbocycles. The van der Waals surface area contributed by atoms with Crippen molar-refractivity contribution in [2.24, 2.45) is 5.92 Å². The van der Waals surface area contributed by atoms with Crippen LogP contribution in [0.5, 0.6) is 5.75 Å². The molecular weight excluding hydrogens is 318 g/mol. The Kier molecular flexibility index (Phi) is 5.30. The molecule has 1 aliphatic rings. The minimum Gasteiger partial charge on any atom is -0.493 e. The van der Waals surface area contributed by atoms with E-state index in [4.69, 9.17) is 9.15 Å². The van der Waals surface area contributed by atoms with Gasteiger partial charge in [-0.15, -0.1) is 0 Å². The first-order valence-electron chi connectivity index (χ1n) is 8.85. The molecule has 136 valence electrons. The Bertz CT molecular complexity index is 741. The molecule has 6 nitrogen and oxygen atoms in total. The maximum atomic E-state index is 12.5. The minimum atomic E-state index is -0.217. The molecule has 0 bridgehead atoms. The van der Waals surface area contributed by atoms with E-state index in [-0.39, 0.29) is 18.0 Å². The second-order valence-corrected chi connectivity index (χ2v) is 7.16. The lowest BCUT2D eigenvalue weighted by Gasteiger charge is -2.15. The number of benzene rings is 1. The van der Waals surface area contributed by atoms with Crippen molar-refractivity contribution < 1.29 is 13.9 Å². The van der Waals surface area contributed by atoms with E-state index in [1.165, 1.54) is 0 Å². The lowest BCUT2D eigenvalue weighted by molar-refractivity contribution is -0.123. The predicted molar refractivity (Wildman–Crippen MR) is 97.2 cm³/mol. The van der Waals surface area contributed by atoms with Crippen LogP contribution in [0.3, 0.4) is 0 Å². The Balaban J connectivity index is 1.64. The summed E-state index contributed by atoms with van der Waals surface area (Å²) in [6.45, 7) is 6.30. The van der Waals surface area contributed by atoms with Gasteiger partial charge in [-0.05, 0) is 37.8 Å². The maximum Gasteiger partial charge on any atom is 0.239 e. The van der Waals surface area contributed by atoms with Gasteiger partial charge in [0, 0.05) is 11.4 Å². The quantitative estimate of drug-likeness (QED) is 0.750. The van der Waals surface area contributed by atoms with Gasteiger partial charge in [-0.3, -0.25) is 10.2 Å². The minimum absolute atomic E-state index is 0.0151. The van der Waals surface area contributed by atoms with Gasteiger partial charge in [0.2, 0.25) is 5.91 Å². The summed E-state index contributed by atoms with van der Waals surface area (Å²) >= 11 is 0. The van der Waals surface area contributed by atoms with E-state index < -0.39 is 0 Å². The zero-order valence-corrected chi connectivity index (χ0v) is 15.3. The van der Waals surface area contributed by atoms with Crippen LogP contribution < -0.4 is 20.9 Å². The number of hydrogen-bond donors (Lipinski definition) is 3. The fourth-order valence-corrected chi connectivity index (χ4v) is 3.33. The molecule has 2 aromatic rings. The summed E-state index contributed by atoms with van der Waals surface area (Å²) in [6, 6.07) is 7.61. The SMILES string of the molecule is COc1cccc2cc(C(C)NC(=O)C3CC(CC(C)C)NN3)oc12. The van der Waals surface area contributed by atoms with Gasteiger partial charge in [-0.1, -0.05) is 26.0 Å². The molecule has 1 fully saturated rings. The van der Waals surface area contributed by atoms with Crippen LogP contribution in [-0.4, -0.2) is 25.1 Å². The third-order valence-electron chi connectivity index (χ3n) is 4.59. The monoisotopic (exact) mass is 345 g/mol. The fraction of sp³-hybridized carbons (Fsp3) is 0.526. The second-order valence-electron chi connectivity index (χ2n) is 7.16. The van der Waals surface area contributed by atoms with Gasteiger partial charge >= 0.3 is 0 Å². The zero-order chi connectivity index (χ0) is 18.0. The Morgan fingerprint density at radius 2 is 2.16 bits per heavy atom. The summed E-state index contributed by atoms with van der Waals surface area (Å²) in [5, 5.41) is 4.00. The Morgan fingerprint density at radius 3 is 2.88 bits per heavy atom. The number of fused-ring (bicyclic) bond motifs is 1. The number of ether oxygens (including phenoxy) is 1. The summed E-state index contributed by atoms with van der Waals surface area (Å²) in [4.78, 5) is 12.5. The summed E-state index contributed by atoms with van der Waals surface area (Å²) in [6.07, 6.45) is 1.85. The van der Waals surface area contributed by atoms with Gasteiger partial charge in [0.1, 0.15) is 11.8 Å². The number of para-hydroxylation sites is 1. The third kappa shape index (κ3) is 3.96. The van der Waals surface area contributed by atoms with E-state index in [1.807, 2.05) is 31.2 Å². The lowest BCUT2D eigenvalue weighted by atomic mass is 10.00. The summed E-state index contributed by atoms with van der Waals surface area (Å²) < 4.78 is 11.2. The highest BCUT2D eigenvalue weighted by atomic mass is 16.5. The van der Waals surface area contributed by atoms with E-state index in [2.05, 4.69) is 30.0 Å². The number of carbonyl (C=O) groups excluding carboxylic acids is 1. The van der Waals surface area contributed by atoms with Crippen LogP contribution in [0.25, 0.3) is 11.0 Å². The smallest absolute Gasteiger partial charge is 0.239 e. The standard InChI is InChI=1S/C19H27N3O3/c1-11(2)8-14-10-15(22-21-14)19(23)20-12(3)17-9-13-6-5-7-16(24-4)18(13)25-17/h5-7,9,11-12,14-15,21-22H,8,10H2,1-4H3,(H,20,23). The van der Waals surface area contributed by atoms with Crippen molar-refractivity contribution in [3.05, 3.63) is 30.0 Å². The Morgan fingerprint density at radius 1 is 1.36 bits per heavy atom. The average molecular weight is 345 g/mol. The van der Waals surface area contributed by atoms with Crippen LogP contribution in [0.4, 0.5) is 0 Å². The molecular formula is C19H27N3O3. The largest absolute Gasteiger partial charge is 0.493 e. The Hall–Kier alpha value is -2.05. The van der Waals surface area contributed by atoms with Gasteiger partial charge in [-0.2, -0.15) is 0 Å². The van der Waals surface area contributed by atoms with E-state index in [1.54, 1.807) is 7.11 Å². The highest BCUT2D eigenvalue weighted by molar-refractivity contribution is 5.85. The van der Waals surface area contributed by atoms with Crippen molar-refractivity contribution in [3.63, 3.8) is 0 Å². The number of carbonyl (C=O) groups is 1. The summed E-state index contributed by atoms with van der Waals surface area (Å²) in [7, 11) is 1.62. The fourth-order valence-electron chi connectivity index (χ4n) is 3.33. The van der Waals surface area contributed by atoms with Crippen molar-refractivity contribution in [3.8, 4) is 5.75 Å². The normalized spacial score (nSPS) is 21.6. The number of rotatable bonds is 6. The molecule has 0 spiro atoms. The van der Waals surface area contributed by atoms with Crippen molar-refractivity contribution in [1.82, 2.24) is 16.2 Å². The van der Waals surface area contributed by atoms with Crippen LogP contribution in [0.2, 0.25) is 0 Å². The number of hydrazine groups is 1. The first-order chi connectivity index (χ1) is 12.0. The molecule has 6 heteroatoms. The molecule has 0 saturated carbocycles. The zero-order valence-electron chi connectivity index (χ0n) is 15.3. The van der Waals surface area contributed by atoms with E-state index >= 15 is 0 Å². The van der Waals surface area contributed by atoms with Crippen LogP contribution >= 0.6 is 0 Å². The van der Waals surface area contributed by atoms with Gasteiger partial charge in [-0.25, -0.2) is 5.43 Å². The number of methoxy groups -OCH3 is 1. The molecule has 3 N–H and O–H groups in total. The van der Waals surface area contributed by atoms with Gasteiger partial charge in [0.05, 0.1) is 13.2 Å². The van der Waals surface area contributed by atoms with Crippen molar-refractivity contribution in [1.29, 1.82) is 0 Å². The first kappa shape index (κ1) is 17.8. The molecule has 3 unspecified atom stereocenters. The van der Waals surface area contributed by atoms with Gasteiger partial charge < -0.3 is 14.5 Å². The number of amides is 1. The highest BCUT2D eigenvalue weighted by Crippen LogP contribution is 2.30. The first-order valence-corrected chi connectivity index (χ1v) is 8.85. The second kappa shape index (κ2) is 7.45. The molecule has 3 atom stereocenters. The summed E-state index contributed by atoms with van der Waals surface area (Å²) in [5.74, 6) is 2.00. The van der Waals surface area contributed by atoms with Gasteiger partial charge in [0.15, 0.2) is 11.3 Å². The van der Waals surface area contributed by atoms with Gasteiger partial charge in [0.25, 0.3) is 0 Å². The average Bonchev–Trinajstić information content (AvgIpc) is 3.20. The van der Waals surface area contributed by atoms with Crippen LogP contribution in [0, 0.1) is 5.92 Å². The number of furan rings is 1. The lowest BCUT2D eigenvalue weighted by Crippen LogP contribution is -2.44. The molecule has 1 saturated heterocycles. The van der Waals surface area contributed by atoms with Crippen molar-refractivity contribution in [2.75, 3.05) is 7.11 Å². The number of nitrogens with one attached hydrogen (secondary N) is 3. The van der Waals surface area contributed by atoms with Crippen LogP contribution in [0.15, 0.2) is 28.7 Å². The number of hydrogen-bond acceptors (Lipinski definition) is 5. The van der Waals surface area contributed by atoms with Crippen LogP contribution in [-0.2, 0) is 4.79 Å². The maximum absolute atomic E-state index is 12.5. The van der Waals surface area contributed by atoms with Crippen molar-refractivity contribution >= 4 is 16.9 Å². The van der Waals surface area contributed by atoms with E-state index in [9.17, 15) is 4.79 Å². The molecule has 1 aromatic carbocycles. The third-order valence-corrected chi connectivity index (χ3v) is 4.59. The summed E-state index contributed by atoms with van der Waals surface area (Å²) in [5.41, 5.74) is 7.03. The molecule has 2 heterocycles. The molecule has 25 heavy (non-hydrogen) atoms. The van der Waals surface area contributed by atoms with E-state index in [0.717, 1.165) is 24.0 Å². The topological polar surface area (TPSA) is 75.5 Å². The molecule has 1 aliphatic heterocycles. The highest BCUT2D eigenvalue weighted by Gasteiger charge is 2.30. The molecule has 3 rings (SSSR count). The molecule has 1 amide bonds. The van der Waals surface area contributed by atoms with Crippen molar-refractivity contribution in [2.45, 2.75) is 51.7 Å².